The van der Waals surface area contributed by atoms with Gasteiger partial charge in [-0.1, -0.05) is 18.2 Å². The van der Waals surface area contributed by atoms with Gasteiger partial charge in [0.25, 0.3) is 5.56 Å². The van der Waals surface area contributed by atoms with Crippen molar-refractivity contribution in [1.82, 2.24) is 9.78 Å². The van der Waals surface area contributed by atoms with Crippen molar-refractivity contribution in [2.75, 3.05) is 5.32 Å². The first-order valence-corrected chi connectivity index (χ1v) is 7.74. The normalized spacial score (nSPS) is 12.5. The highest BCUT2D eigenvalue weighted by Gasteiger charge is 2.17. The molecule has 2 N–H and O–H groups in total. The molecule has 7 heteroatoms. The van der Waals surface area contributed by atoms with Gasteiger partial charge in [0.15, 0.2) is 0 Å². The molecule has 2 rings (SSSR count). The zero-order chi connectivity index (χ0) is 17.7. The summed E-state index contributed by atoms with van der Waals surface area (Å²) in [7, 11) is 0. The first kappa shape index (κ1) is 17.7. The molecule has 130 valence electrons. The fraction of sp³-hybridized carbons (Fsp3) is 0.412. The van der Waals surface area contributed by atoms with Gasteiger partial charge in [-0.05, 0) is 39.8 Å². The van der Waals surface area contributed by atoms with Crippen molar-refractivity contribution in [2.24, 2.45) is 0 Å². The summed E-state index contributed by atoms with van der Waals surface area (Å²) in [6.45, 7) is 7.49. The van der Waals surface area contributed by atoms with Crippen LogP contribution in [0.4, 0.5) is 10.6 Å². The third-order valence-electron chi connectivity index (χ3n) is 2.95. The molecule has 1 amide bonds. The second-order valence-electron chi connectivity index (χ2n) is 6.49. The van der Waals surface area contributed by atoms with Gasteiger partial charge in [-0.25, -0.2) is 9.48 Å². The number of amides is 1. The second-order valence-corrected chi connectivity index (χ2v) is 6.49. The van der Waals surface area contributed by atoms with Crippen LogP contribution in [0.25, 0.3) is 0 Å². The number of nitrogens with one attached hydrogen (secondary N) is 2. The molecule has 0 fully saturated rings. The molecule has 0 aliphatic carbocycles. The Morgan fingerprint density at radius 1 is 1.29 bits per heavy atom. The standard InChI is InChI=1S/C17H23N3O4/c1-12(23-13-8-6-5-7-9-13)11-20-15(21)10-14(19-20)18-16(22)24-17(2,3)4/h5-10,12,19H,11H2,1-4H3,(H,18,22). The van der Waals surface area contributed by atoms with Crippen LogP contribution in [0.5, 0.6) is 5.75 Å². The number of anilines is 1. The maximum absolute atomic E-state index is 12.0. The average molecular weight is 333 g/mol. The first-order chi connectivity index (χ1) is 11.2. The summed E-state index contributed by atoms with van der Waals surface area (Å²) < 4.78 is 12.3. The molecule has 0 aliphatic rings. The molecule has 0 aliphatic heterocycles. The SMILES string of the molecule is CC(Cn1[nH]c(NC(=O)OC(C)(C)C)cc1=O)Oc1ccccc1. The molecule has 0 bridgehead atoms. The van der Waals surface area contributed by atoms with Crippen LogP contribution in [0.15, 0.2) is 41.2 Å². The molecule has 0 radical (unpaired) electrons. The Morgan fingerprint density at radius 2 is 1.96 bits per heavy atom. The number of H-pyrrole nitrogens is 1. The maximum Gasteiger partial charge on any atom is 0.413 e. The lowest BCUT2D eigenvalue weighted by Crippen LogP contribution is -2.27. The Bertz CT molecular complexity index is 728. The molecule has 1 aromatic heterocycles. The van der Waals surface area contributed by atoms with E-state index in [-0.39, 0.29) is 17.5 Å². The summed E-state index contributed by atoms with van der Waals surface area (Å²) in [4.78, 5) is 23.7. The Balaban J connectivity index is 1.96. The van der Waals surface area contributed by atoms with Gasteiger partial charge in [0.1, 0.15) is 23.3 Å². The van der Waals surface area contributed by atoms with Crippen LogP contribution in [0.1, 0.15) is 27.7 Å². The van der Waals surface area contributed by atoms with E-state index in [9.17, 15) is 9.59 Å². The van der Waals surface area contributed by atoms with Crippen molar-refractivity contribution in [3.05, 3.63) is 46.8 Å². The minimum Gasteiger partial charge on any atom is -0.489 e. The van der Waals surface area contributed by atoms with E-state index >= 15 is 0 Å². The predicted octanol–water partition coefficient (Wildman–Crippen LogP) is 2.99. The molecule has 0 spiro atoms. The van der Waals surface area contributed by atoms with Gasteiger partial charge in [0.2, 0.25) is 0 Å². The van der Waals surface area contributed by atoms with Gasteiger partial charge in [0.05, 0.1) is 6.54 Å². The van der Waals surface area contributed by atoms with E-state index in [1.54, 1.807) is 20.8 Å². The average Bonchev–Trinajstić information content (AvgIpc) is 2.77. The molecule has 0 saturated carbocycles. The highest BCUT2D eigenvalue weighted by molar-refractivity contribution is 5.83. The van der Waals surface area contributed by atoms with Crippen LogP contribution >= 0.6 is 0 Å². The number of para-hydroxylation sites is 1. The smallest absolute Gasteiger partial charge is 0.413 e. The number of carbonyl (C=O) groups excluding carboxylic acids is 1. The molecule has 0 saturated heterocycles. The Morgan fingerprint density at radius 3 is 2.58 bits per heavy atom. The van der Waals surface area contributed by atoms with Gasteiger partial charge in [-0.2, -0.15) is 0 Å². The molecule has 2 aromatic rings. The summed E-state index contributed by atoms with van der Waals surface area (Å²) in [5.41, 5.74) is -0.866. The van der Waals surface area contributed by atoms with Crippen molar-refractivity contribution < 1.29 is 14.3 Å². The van der Waals surface area contributed by atoms with E-state index in [4.69, 9.17) is 9.47 Å². The monoisotopic (exact) mass is 333 g/mol. The van der Waals surface area contributed by atoms with Crippen LogP contribution in [-0.4, -0.2) is 27.6 Å². The van der Waals surface area contributed by atoms with E-state index in [2.05, 4.69) is 10.4 Å². The van der Waals surface area contributed by atoms with Gasteiger partial charge in [-0.15, -0.1) is 0 Å². The highest BCUT2D eigenvalue weighted by atomic mass is 16.6. The largest absolute Gasteiger partial charge is 0.489 e. The fourth-order valence-electron chi connectivity index (χ4n) is 2.07. The van der Waals surface area contributed by atoms with E-state index < -0.39 is 11.7 Å². The fourth-order valence-corrected chi connectivity index (χ4v) is 2.07. The van der Waals surface area contributed by atoms with Crippen molar-refractivity contribution in [1.29, 1.82) is 0 Å². The van der Waals surface area contributed by atoms with Crippen LogP contribution in [0.2, 0.25) is 0 Å². The maximum atomic E-state index is 12.0. The van der Waals surface area contributed by atoms with Gasteiger partial charge < -0.3 is 9.47 Å². The van der Waals surface area contributed by atoms with E-state index in [0.717, 1.165) is 5.75 Å². The number of ether oxygens (including phenoxy) is 2. The lowest BCUT2D eigenvalue weighted by molar-refractivity contribution is 0.0635. The molecule has 1 unspecified atom stereocenters. The van der Waals surface area contributed by atoms with Gasteiger partial charge >= 0.3 is 6.09 Å². The second kappa shape index (κ2) is 7.25. The van der Waals surface area contributed by atoms with Crippen molar-refractivity contribution >= 4 is 11.9 Å². The van der Waals surface area contributed by atoms with Gasteiger partial charge in [0, 0.05) is 6.07 Å². The Kier molecular flexibility index (Phi) is 5.33. The molecular weight excluding hydrogens is 310 g/mol. The number of aromatic nitrogens is 2. The number of carbonyl (C=O) groups is 1. The summed E-state index contributed by atoms with van der Waals surface area (Å²) in [5, 5.41) is 5.33. The van der Waals surface area contributed by atoms with Crippen molar-refractivity contribution in [2.45, 2.75) is 45.9 Å². The van der Waals surface area contributed by atoms with Gasteiger partial charge in [-0.3, -0.25) is 15.2 Å². The first-order valence-electron chi connectivity index (χ1n) is 7.74. The summed E-state index contributed by atoms with van der Waals surface area (Å²) >= 11 is 0. The molecule has 1 aromatic carbocycles. The zero-order valence-corrected chi connectivity index (χ0v) is 14.3. The lowest BCUT2D eigenvalue weighted by atomic mass is 10.2. The van der Waals surface area contributed by atoms with E-state index in [1.165, 1.54) is 10.7 Å². The molecular formula is C17H23N3O4. The Labute approximate surface area is 140 Å². The minimum atomic E-state index is -0.621. The number of hydrogen-bond donors (Lipinski definition) is 2. The quantitative estimate of drug-likeness (QED) is 0.881. The number of benzene rings is 1. The highest BCUT2D eigenvalue weighted by Crippen LogP contribution is 2.12. The van der Waals surface area contributed by atoms with Crippen LogP contribution < -0.4 is 15.6 Å². The summed E-state index contributed by atoms with van der Waals surface area (Å²) in [6.07, 6.45) is -0.845. The number of hydrogen-bond acceptors (Lipinski definition) is 4. The molecule has 1 heterocycles. The zero-order valence-electron chi connectivity index (χ0n) is 14.3. The Hall–Kier alpha value is -2.70. The molecule has 1 atom stereocenters. The van der Waals surface area contributed by atoms with Crippen molar-refractivity contribution in [3.8, 4) is 5.75 Å². The number of nitrogens with zero attached hydrogens (tertiary/aromatic N) is 1. The molecule has 7 nitrogen and oxygen atoms in total. The van der Waals surface area contributed by atoms with Crippen LogP contribution in [0, 0.1) is 0 Å². The third kappa shape index (κ3) is 5.49. The molecule has 24 heavy (non-hydrogen) atoms. The van der Waals surface area contributed by atoms with E-state index in [0.29, 0.717) is 6.54 Å². The third-order valence-corrected chi connectivity index (χ3v) is 2.95. The van der Waals surface area contributed by atoms with Crippen LogP contribution in [0.3, 0.4) is 0 Å². The summed E-state index contributed by atoms with van der Waals surface area (Å²) in [5.74, 6) is 1.01. The topological polar surface area (TPSA) is 85.4 Å². The minimum absolute atomic E-state index is 0.224. The summed E-state index contributed by atoms with van der Waals surface area (Å²) in [6, 6.07) is 10.7. The number of rotatable bonds is 5. The lowest BCUT2D eigenvalue weighted by Gasteiger charge is -2.19. The van der Waals surface area contributed by atoms with Crippen molar-refractivity contribution in [3.63, 3.8) is 0 Å². The number of aromatic amines is 1. The predicted molar refractivity (Wildman–Crippen MR) is 91.4 cm³/mol. The van der Waals surface area contributed by atoms with E-state index in [1.807, 2.05) is 37.3 Å². The van der Waals surface area contributed by atoms with Crippen LogP contribution in [-0.2, 0) is 11.3 Å².